The zero-order valence-corrected chi connectivity index (χ0v) is 9.89. The van der Waals surface area contributed by atoms with Gasteiger partial charge in [-0.2, -0.15) is 0 Å². The third-order valence-corrected chi connectivity index (χ3v) is 1.94. The molecular weight excluding hydrogens is 188 g/mol. The summed E-state index contributed by atoms with van der Waals surface area (Å²) in [6.45, 7) is 5.75. The van der Waals surface area contributed by atoms with Crippen LogP contribution in [0.2, 0.25) is 0 Å². The first-order chi connectivity index (χ1) is 7.19. The molecule has 15 heavy (non-hydrogen) atoms. The second-order valence-corrected chi connectivity index (χ2v) is 2.91. The molecule has 0 bridgehead atoms. The maximum atomic E-state index is 8.92. The fourth-order valence-electron chi connectivity index (χ4n) is 1.22. The van der Waals surface area contributed by atoms with Gasteiger partial charge in [-0.1, -0.05) is 19.9 Å². The van der Waals surface area contributed by atoms with Crippen molar-refractivity contribution in [1.29, 1.82) is 5.41 Å². The Labute approximate surface area is 91.7 Å². The molecule has 0 radical (unpaired) electrons. The molecule has 1 rings (SSSR count). The smallest absolute Gasteiger partial charge is 0.0682 e. The molecule has 3 nitrogen and oxygen atoms in total. The Kier molecular flexibility index (Phi) is 6.38. The fourth-order valence-corrected chi connectivity index (χ4v) is 1.22. The molecule has 0 fully saturated rings. The first kappa shape index (κ1) is 13.7. The van der Waals surface area contributed by atoms with Crippen LogP contribution in [0.25, 0.3) is 0 Å². The van der Waals surface area contributed by atoms with Gasteiger partial charge in [0.2, 0.25) is 0 Å². The van der Waals surface area contributed by atoms with Crippen molar-refractivity contribution in [1.82, 2.24) is 0 Å². The molecular formula is C12H20N2O. The quantitative estimate of drug-likeness (QED) is 0.669. The molecule has 0 heterocycles. The molecule has 3 N–H and O–H groups in total. The van der Waals surface area contributed by atoms with E-state index >= 15 is 0 Å². The normalized spacial score (nSPS) is 8.87. The van der Waals surface area contributed by atoms with E-state index in [4.69, 9.17) is 10.5 Å². The predicted molar refractivity (Wildman–Crippen MR) is 65.8 cm³/mol. The number of aliphatic hydroxyl groups excluding tert-OH is 1. The van der Waals surface area contributed by atoms with Crippen LogP contribution >= 0.6 is 0 Å². The average molecular weight is 208 g/mol. The van der Waals surface area contributed by atoms with E-state index < -0.39 is 0 Å². The van der Waals surface area contributed by atoms with E-state index in [0.29, 0.717) is 5.71 Å². The highest BCUT2D eigenvalue weighted by Gasteiger charge is 2.03. The Morgan fingerprint density at radius 1 is 1.40 bits per heavy atom. The van der Waals surface area contributed by atoms with Crippen LogP contribution in [-0.2, 0) is 6.61 Å². The van der Waals surface area contributed by atoms with E-state index in [1.54, 1.807) is 6.92 Å². The Balaban J connectivity index is 0.000000921. The number of benzene rings is 1. The highest BCUT2D eigenvalue weighted by atomic mass is 16.3. The molecule has 3 heteroatoms. The van der Waals surface area contributed by atoms with Crippen LogP contribution in [0.4, 0.5) is 5.69 Å². The van der Waals surface area contributed by atoms with Crippen LogP contribution in [0.15, 0.2) is 18.2 Å². The van der Waals surface area contributed by atoms with Crippen LogP contribution in [0.3, 0.4) is 0 Å². The van der Waals surface area contributed by atoms with Gasteiger partial charge in [-0.15, -0.1) is 0 Å². The molecule has 0 amide bonds. The van der Waals surface area contributed by atoms with Crippen LogP contribution in [0, 0.1) is 5.41 Å². The summed E-state index contributed by atoms with van der Waals surface area (Å²) in [6.07, 6.45) is 0. The average Bonchev–Trinajstić information content (AvgIpc) is 2.30. The lowest BCUT2D eigenvalue weighted by atomic mass is 10.1. The molecule has 0 spiro atoms. The number of nitrogens with one attached hydrogen (secondary N) is 2. The lowest BCUT2D eigenvalue weighted by molar-refractivity contribution is 0.282. The summed E-state index contributed by atoms with van der Waals surface area (Å²) in [5.41, 5.74) is 3.10. The number of hydrogen-bond acceptors (Lipinski definition) is 3. The van der Waals surface area contributed by atoms with Crippen molar-refractivity contribution in [2.45, 2.75) is 27.4 Å². The summed E-state index contributed by atoms with van der Waals surface area (Å²) < 4.78 is 0. The molecule has 0 saturated heterocycles. The molecule has 0 saturated carbocycles. The van der Waals surface area contributed by atoms with Gasteiger partial charge in [0.05, 0.1) is 6.61 Å². The number of anilines is 1. The molecule has 0 aliphatic rings. The summed E-state index contributed by atoms with van der Waals surface area (Å²) in [5, 5.41) is 19.5. The molecule has 0 aliphatic heterocycles. The molecule has 84 valence electrons. The van der Waals surface area contributed by atoms with E-state index in [1.165, 1.54) is 0 Å². The Morgan fingerprint density at radius 2 is 2.00 bits per heavy atom. The maximum absolute atomic E-state index is 8.92. The van der Waals surface area contributed by atoms with Crippen molar-refractivity contribution in [2.24, 2.45) is 0 Å². The monoisotopic (exact) mass is 208 g/mol. The molecule has 0 aliphatic carbocycles. The largest absolute Gasteiger partial charge is 0.392 e. The minimum atomic E-state index is 0.0181. The summed E-state index contributed by atoms with van der Waals surface area (Å²) in [5.74, 6) is 0. The highest BCUT2D eigenvalue weighted by Crippen LogP contribution is 2.17. The SMILES string of the molecule is CC.CNc1ccc(CO)cc1C(C)=N. The summed E-state index contributed by atoms with van der Waals surface area (Å²) in [7, 11) is 1.82. The Hall–Kier alpha value is -1.35. The van der Waals surface area contributed by atoms with Gasteiger partial charge < -0.3 is 15.8 Å². The Bertz CT molecular complexity index is 321. The van der Waals surface area contributed by atoms with Crippen molar-refractivity contribution in [3.63, 3.8) is 0 Å². The summed E-state index contributed by atoms with van der Waals surface area (Å²) in [4.78, 5) is 0. The van der Waals surface area contributed by atoms with E-state index in [9.17, 15) is 0 Å². The molecule has 0 unspecified atom stereocenters. The lowest BCUT2D eigenvalue weighted by Crippen LogP contribution is -2.01. The van der Waals surface area contributed by atoms with Crippen molar-refractivity contribution in [3.05, 3.63) is 29.3 Å². The first-order valence-electron chi connectivity index (χ1n) is 5.16. The van der Waals surface area contributed by atoms with Crippen molar-refractivity contribution in [3.8, 4) is 0 Å². The van der Waals surface area contributed by atoms with E-state index in [1.807, 2.05) is 39.1 Å². The van der Waals surface area contributed by atoms with Crippen LogP contribution in [-0.4, -0.2) is 17.9 Å². The van der Waals surface area contributed by atoms with Gasteiger partial charge in [0.15, 0.2) is 0 Å². The van der Waals surface area contributed by atoms with Gasteiger partial charge in [0.25, 0.3) is 0 Å². The van der Waals surface area contributed by atoms with E-state index in [0.717, 1.165) is 16.8 Å². The van der Waals surface area contributed by atoms with Gasteiger partial charge >= 0.3 is 0 Å². The van der Waals surface area contributed by atoms with Crippen molar-refractivity contribution < 1.29 is 5.11 Å². The van der Waals surface area contributed by atoms with Crippen LogP contribution in [0.5, 0.6) is 0 Å². The fraction of sp³-hybridized carbons (Fsp3) is 0.417. The van der Waals surface area contributed by atoms with Gasteiger partial charge in [0, 0.05) is 24.0 Å². The lowest BCUT2D eigenvalue weighted by Gasteiger charge is -2.08. The third kappa shape index (κ3) is 3.72. The van der Waals surface area contributed by atoms with Gasteiger partial charge in [-0.05, 0) is 24.6 Å². The van der Waals surface area contributed by atoms with Gasteiger partial charge in [-0.25, -0.2) is 0 Å². The predicted octanol–water partition coefficient (Wildman–Crippen LogP) is 2.63. The van der Waals surface area contributed by atoms with Gasteiger partial charge in [0.1, 0.15) is 0 Å². The van der Waals surface area contributed by atoms with Crippen LogP contribution < -0.4 is 5.32 Å². The standard InChI is InChI=1S/C10H14N2O.C2H6/c1-7(11)9-5-8(6-13)3-4-10(9)12-2;1-2/h3-5,11-13H,6H2,1-2H3;1-2H3. The van der Waals surface area contributed by atoms with E-state index in [-0.39, 0.29) is 6.61 Å². The first-order valence-corrected chi connectivity index (χ1v) is 5.16. The van der Waals surface area contributed by atoms with Crippen molar-refractivity contribution >= 4 is 11.4 Å². The topological polar surface area (TPSA) is 56.1 Å². The van der Waals surface area contributed by atoms with Gasteiger partial charge in [-0.3, -0.25) is 0 Å². The second kappa shape index (κ2) is 7.01. The number of aliphatic hydroxyl groups is 1. The second-order valence-electron chi connectivity index (χ2n) is 2.91. The number of hydrogen-bond donors (Lipinski definition) is 3. The number of rotatable bonds is 3. The molecule has 0 aromatic heterocycles. The molecule has 1 aromatic carbocycles. The highest BCUT2D eigenvalue weighted by molar-refractivity contribution is 6.01. The maximum Gasteiger partial charge on any atom is 0.0682 e. The minimum Gasteiger partial charge on any atom is -0.392 e. The summed E-state index contributed by atoms with van der Waals surface area (Å²) >= 11 is 0. The zero-order chi connectivity index (χ0) is 11.8. The minimum absolute atomic E-state index is 0.0181. The third-order valence-electron chi connectivity index (χ3n) is 1.94. The Morgan fingerprint density at radius 3 is 2.40 bits per heavy atom. The summed E-state index contributed by atoms with van der Waals surface area (Å²) in [6, 6.07) is 5.55. The molecule has 1 aromatic rings. The molecule has 0 atom stereocenters. The van der Waals surface area contributed by atoms with Crippen LogP contribution in [0.1, 0.15) is 31.9 Å². The van der Waals surface area contributed by atoms with E-state index in [2.05, 4.69) is 5.32 Å². The zero-order valence-electron chi connectivity index (χ0n) is 9.89. The van der Waals surface area contributed by atoms with Crippen molar-refractivity contribution in [2.75, 3.05) is 12.4 Å².